The summed E-state index contributed by atoms with van der Waals surface area (Å²) in [6.45, 7) is 32.5. The van der Waals surface area contributed by atoms with Gasteiger partial charge in [-0.2, -0.15) is 0 Å². The molecule has 0 saturated carbocycles. The highest BCUT2D eigenvalue weighted by atomic mass is 14.7. The zero-order valence-corrected chi connectivity index (χ0v) is 39.3. The molecule has 3 aromatic rings. The van der Waals surface area contributed by atoms with E-state index in [0.717, 1.165) is 31.1 Å². The predicted molar refractivity (Wildman–Crippen MR) is 261 cm³/mol. The second-order valence-electron chi connectivity index (χ2n) is 17.1. The summed E-state index contributed by atoms with van der Waals surface area (Å²) >= 11 is 0. The van der Waals surface area contributed by atoms with E-state index >= 15 is 0 Å². The number of pyridine rings is 3. The first-order valence-corrected chi connectivity index (χ1v) is 21.9. The molecule has 0 radical (unpaired) electrons. The van der Waals surface area contributed by atoms with Gasteiger partial charge in [-0.15, -0.1) is 0 Å². The van der Waals surface area contributed by atoms with E-state index in [1.54, 1.807) is 11.8 Å². The van der Waals surface area contributed by atoms with Gasteiger partial charge < -0.3 is 0 Å². The number of rotatable bonds is 7. The number of aromatic nitrogens is 3. The van der Waals surface area contributed by atoms with Crippen molar-refractivity contribution in [3.8, 4) is 0 Å². The van der Waals surface area contributed by atoms with Crippen molar-refractivity contribution in [2.45, 2.75) is 128 Å². The average molecular weight is 798 g/mol. The number of hydrogen-bond donors (Lipinski definition) is 0. The maximum absolute atomic E-state index is 4.18. The molecule has 0 fully saturated rings. The van der Waals surface area contributed by atoms with E-state index in [9.17, 15) is 0 Å². The van der Waals surface area contributed by atoms with Crippen molar-refractivity contribution >= 4 is 12.4 Å². The van der Waals surface area contributed by atoms with E-state index in [1.165, 1.54) is 34.3 Å². The van der Waals surface area contributed by atoms with E-state index < -0.39 is 0 Å². The van der Waals surface area contributed by atoms with E-state index in [2.05, 4.69) is 177 Å². The Hall–Kier alpha value is -4.77. The van der Waals surface area contributed by atoms with Gasteiger partial charge >= 0.3 is 0 Å². The van der Waals surface area contributed by atoms with Crippen LogP contribution in [0.1, 0.15) is 144 Å². The minimum Gasteiger partial charge on any atom is -0.289 e. The van der Waals surface area contributed by atoms with Crippen LogP contribution < -0.4 is 0 Å². The second kappa shape index (κ2) is 31.2. The van der Waals surface area contributed by atoms with Gasteiger partial charge in [0.15, 0.2) is 0 Å². The molecule has 7 rings (SSSR count). The molecule has 2 aliphatic carbocycles. The van der Waals surface area contributed by atoms with Crippen molar-refractivity contribution in [1.82, 2.24) is 15.0 Å². The van der Waals surface area contributed by atoms with Gasteiger partial charge in [0.05, 0.1) is 13.1 Å². The predicted octanol–water partition coefficient (Wildman–Crippen LogP) is 15.0. The van der Waals surface area contributed by atoms with Crippen LogP contribution in [0.25, 0.3) is 0 Å². The zero-order valence-electron chi connectivity index (χ0n) is 39.3. The van der Waals surface area contributed by atoms with Crippen LogP contribution in [-0.4, -0.2) is 40.5 Å². The Morgan fingerprint density at radius 3 is 1.47 bits per heavy atom. The minimum absolute atomic E-state index is 0.547. The second-order valence-corrected chi connectivity index (χ2v) is 17.1. The highest BCUT2D eigenvalue weighted by molar-refractivity contribution is 5.81. The summed E-state index contributed by atoms with van der Waals surface area (Å²) in [6, 6.07) is 14.2. The van der Waals surface area contributed by atoms with Crippen molar-refractivity contribution in [2.75, 3.05) is 13.1 Å². The van der Waals surface area contributed by atoms with E-state index in [1.807, 2.05) is 73.6 Å². The smallest absolute Gasteiger partial charge is 0.0605 e. The Morgan fingerprint density at radius 2 is 1.19 bits per heavy atom. The Morgan fingerprint density at radius 1 is 0.508 bits per heavy atom. The fourth-order valence-corrected chi connectivity index (χ4v) is 5.47. The summed E-state index contributed by atoms with van der Waals surface area (Å²) in [5.41, 5.74) is 9.70. The molecule has 0 bridgehead atoms. The summed E-state index contributed by atoms with van der Waals surface area (Å²) in [4.78, 5) is 20.2. The third-order valence-electron chi connectivity index (χ3n) is 9.76. The number of allylic oxidation sites excluding steroid dienone is 10. The van der Waals surface area contributed by atoms with E-state index in [-0.39, 0.29) is 0 Å². The van der Waals surface area contributed by atoms with Crippen LogP contribution in [0.2, 0.25) is 0 Å². The lowest BCUT2D eigenvalue weighted by molar-refractivity contribution is 0.753. The summed E-state index contributed by atoms with van der Waals surface area (Å²) in [5.74, 6) is 4.55. The van der Waals surface area contributed by atoms with E-state index in [0.29, 0.717) is 35.5 Å². The fraction of sp³-hybridized carbons (Fsp3) is 0.463. The van der Waals surface area contributed by atoms with Gasteiger partial charge in [0.2, 0.25) is 0 Å². The Balaban J connectivity index is 0.000000344. The molecule has 2 aliphatic heterocycles. The molecule has 0 unspecified atom stereocenters. The van der Waals surface area contributed by atoms with Crippen molar-refractivity contribution < 1.29 is 0 Å². The summed E-state index contributed by atoms with van der Waals surface area (Å²) in [5, 5.41) is 0. The first-order chi connectivity index (χ1) is 28.1. The number of hydrogen-bond acceptors (Lipinski definition) is 5. The van der Waals surface area contributed by atoms with Crippen LogP contribution in [0, 0.1) is 23.7 Å². The molecule has 5 heteroatoms. The highest BCUT2D eigenvalue weighted by Gasteiger charge is 2.04. The van der Waals surface area contributed by atoms with Crippen LogP contribution in [0.3, 0.4) is 0 Å². The van der Waals surface area contributed by atoms with E-state index in [4.69, 9.17) is 0 Å². The van der Waals surface area contributed by atoms with Gasteiger partial charge in [-0.25, -0.2) is 0 Å². The van der Waals surface area contributed by atoms with Crippen LogP contribution in [0.4, 0.5) is 0 Å². The summed E-state index contributed by atoms with van der Waals surface area (Å²) in [6.07, 6.45) is 32.9. The van der Waals surface area contributed by atoms with Gasteiger partial charge in [-0.3, -0.25) is 24.9 Å². The van der Waals surface area contributed by atoms with Gasteiger partial charge in [0.25, 0.3) is 0 Å². The summed E-state index contributed by atoms with van der Waals surface area (Å²) < 4.78 is 0. The molecule has 0 saturated heterocycles. The lowest BCUT2D eigenvalue weighted by Gasteiger charge is -2.02. The Bertz CT molecular complexity index is 1590. The lowest BCUT2D eigenvalue weighted by atomic mass is 10.0. The largest absolute Gasteiger partial charge is 0.289 e. The topological polar surface area (TPSA) is 63.4 Å². The number of aliphatic imine (C=N–C) groups is 2. The standard InChI is InChI=1S/3C8H11N.2C8H12.2C7H11N/c1-7(2)8-3-5-9-6-4-8;1-7(2)8-4-3-5-9-6-8;1-7(2)8-5-3-4-6-9-8;2*1-7(2)8-5-3-4-6-8;2*1-6(2)7-3-4-8-5-7/h3*3-7H,1-2H3;3,5-7H,4H2,1-2H3;3-5,7H,6H2,1-2H3;3,5-6H,4H2,1-2H3;3-4,6H,5H2,1-2H3. The molecular formula is C54H79N5. The molecule has 5 nitrogen and oxygen atoms in total. The van der Waals surface area contributed by atoms with Crippen molar-refractivity contribution in [3.63, 3.8) is 0 Å². The fourth-order valence-electron chi connectivity index (χ4n) is 5.47. The molecular weight excluding hydrogens is 719 g/mol. The van der Waals surface area contributed by atoms with Crippen molar-refractivity contribution in [3.05, 3.63) is 161 Å². The molecule has 0 N–H and O–H groups in total. The molecule has 3 aromatic heterocycles. The first-order valence-electron chi connectivity index (χ1n) is 21.9. The third-order valence-corrected chi connectivity index (χ3v) is 9.76. The van der Waals surface area contributed by atoms with Crippen LogP contribution in [-0.2, 0) is 0 Å². The molecule has 4 aliphatic rings. The van der Waals surface area contributed by atoms with Crippen LogP contribution in [0.5, 0.6) is 0 Å². The molecule has 0 atom stereocenters. The minimum atomic E-state index is 0.547. The zero-order chi connectivity index (χ0) is 44.0. The maximum atomic E-state index is 4.18. The Kier molecular flexibility index (Phi) is 27.6. The Labute approximate surface area is 361 Å². The molecule has 0 amide bonds. The van der Waals surface area contributed by atoms with Gasteiger partial charge in [0.1, 0.15) is 0 Å². The van der Waals surface area contributed by atoms with Crippen molar-refractivity contribution in [2.24, 2.45) is 33.7 Å². The molecule has 320 valence electrons. The average Bonchev–Trinajstić information content (AvgIpc) is 4.09. The van der Waals surface area contributed by atoms with Gasteiger partial charge in [0, 0.05) is 49.1 Å². The van der Waals surface area contributed by atoms with Gasteiger partial charge in [-0.1, -0.05) is 157 Å². The molecule has 5 heterocycles. The van der Waals surface area contributed by atoms with Crippen LogP contribution >= 0.6 is 0 Å². The quantitative estimate of drug-likeness (QED) is 0.239. The first kappa shape index (κ1) is 52.2. The normalized spacial score (nSPS) is 14.2. The highest BCUT2D eigenvalue weighted by Crippen LogP contribution is 2.19. The molecule has 59 heavy (non-hydrogen) atoms. The molecule has 0 spiro atoms. The third kappa shape index (κ3) is 24.7. The van der Waals surface area contributed by atoms with Crippen LogP contribution in [0.15, 0.2) is 154 Å². The summed E-state index contributed by atoms with van der Waals surface area (Å²) in [7, 11) is 0. The monoisotopic (exact) mass is 798 g/mol. The number of nitrogens with zero attached hydrogens (tertiary/aromatic N) is 5. The maximum Gasteiger partial charge on any atom is 0.0605 e. The SMILES string of the molecule is CC(C)C1=CC=CC1.CC(C)C1=CC=NC1.CC(C)C1=CCC=C1.CC(C)C1=CCN=C1.CC(C)c1ccccn1.CC(C)c1cccnc1.CC(C)c1ccncc1. The lowest BCUT2D eigenvalue weighted by Crippen LogP contribution is -1.93. The van der Waals surface area contributed by atoms with Crippen molar-refractivity contribution in [1.29, 1.82) is 0 Å². The molecule has 0 aromatic carbocycles. The van der Waals surface area contributed by atoms with Gasteiger partial charge in [-0.05, 0) is 119 Å².